The molecule has 1 aromatic heterocycles. The van der Waals surface area contributed by atoms with E-state index < -0.39 is 11.7 Å². The predicted molar refractivity (Wildman–Crippen MR) is 77.6 cm³/mol. The second kappa shape index (κ2) is 5.18. The third-order valence-electron chi connectivity index (χ3n) is 3.00. The lowest BCUT2D eigenvalue weighted by Gasteiger charge is -2.04. The number of benzene rings is 2. The van der Waals surface area contributed by atoms with Crippen LogP contribution in [0.25, 0.3) is 10.9 Å². The summed E-state index contributed by atoms with van der Waals surface area (Å²) in [6, 6.07) is 9.61. The van der Waals surface area contributed by atoms with E-state index in [1.807, 2.05) is 0 Å². The van der Waals surface area contributed by atoms with Gasteiger partial charge in [0.15, 0.2) is 0 Å². The van der Waals surface area contributed by atoms with Gasteiger partial charge in [-0.2, -0.15) is 0 Å². The normalized spacial score (nSPS) is 10.8. The Morgan fingerprint density at radius 1 is 1.10 bits per heavy atom. The molecule has 6 heteroatoms. The molecular formula is C15H9ClF2N2O. The number of hydrogen-bond acceptors (Lipinski definition) is 1. The monoisotopic (exact) mass is 306 g/mol. The third kappa shape index (κ3) is 2.73. The fraction of sp³-hybridized carbons (Fsp3) is 0. The van der Waals surface area contributed by atoms with Gasteiger partial charge in [0.25, 0.3) is 5.91 Å². The number of aromatic nitrogens is 1. The Labute approximate surface area is 123 Å². The Balaban J connectivity index is 1.87. The van der Waals surface area contributed by atoms with Gasteiger partial charge in [0, 0.05) is 16.6 Å². The van der Waals surface area contributed by atoms with Crippen molar-refractivity contribution in [3.63, 3.8) is 0 Å². The highest BCUT2D eigenvalue weighted by molar-refractivity contribution is 6.31. The zero-order valence-corrected chi connectivity index (χ0v) is 11.3. The van der Waals surface area contributed by atoms with Crippen molar-refractivity contribution >= 4 is 34.1 Å². The second-order valence-electron chi connectivity index (χ2n) is 4.50. The predicted octanol–water partition coefficient (Wildman–Crippen LogP) is 4.35. The van der Waals surface area contributed by atoms with Gasteiger partial charge in [0.1, 0.15) is 17.3 Å². The highest BCUT2D eigenvalue weighted by Gasteiger charge is 2.11. The van der Waals surface area contributed by atoms with Crippen LogP contribution < -0.4 is 5.32 Å². The summed E-state index contributed by atoms with van der Waals surface area (Å²) in [5, 5.41) is 3.10. The number of halogens is 3. The fourth-order valence-corrected chi connectivity index (χ4v) is 2.18. The lowest BCUT2D eigenvalue weighted by Crippen LogP contribution is -2.12. The average molecular weight is 307 g/mol. The maximum absolute atomic E-state index is 13.1. The van der Waals surface area contributed by atoms with Crippen molar-refractivity contribution in [3.05, 3.63) is 64.8 Å². The molecule has 0 bridgehead atoms. The van der Waals surface area contributed by atoms with E-state index >= 15 is 0 Å². The van der Waals surface area contributed by atoms with Crippen LogP contribution in [-0.4, -0.2) is 10.9 Å². The Morgan fingerprint density at radius 2 is 1.90 bits per heavy atom. The summed E-state index contributed by atoms with van der Waals surface area (Å²) < 4.78 is 26.2. The van der Waals surface area contributed by atoms with Crippen LogP contribution >= 0.6 is 11.6 Å². The topological polar surface area (TPSA) is 44.9 Å². The van der Waals surface area contributed by atoms with Crippen molar-refractivity contribution in [1.29, 1.82) is 0 Å². The molecule has 1 amide bonds. The molecule has 2 N–H and O–H groups in total. The molecule has 0 aliphatic carbocycles. The Bertz CT molecular complexity index is 845. The van der Waals surface area contributed by atoms with Gasteiger partial charge in [-0.15, -0.1) is 0 Å². The van der Waals surface area contributed by atoms with E-state index in [0.29, 0.717) is 16.6 Å². The molecule has 3 rings (SSSR count). The van der Waals surface area contributed by atoms with Gasteiger partial charge in [-0.05, 0) is 42.5 Å². The number of anilines is 1. The quantitative estimate of drug-likeness (QED) is 0.726. The van der Waals surface area contributed by atoms with Crippen LogP contribution in [0.3, 0.4) is 0 Å². The highest BCUT2D eigenvalue weighted by atomic mass is 35.5. The minimum absolute atomic E-state index is 0.0773. The van der Waals surface area contributed by atoms with E-state index in [-0.39, 0.29) is 16.5 Å². The Hall–Kier alpha value is -2.40. The van der Waals surface area contributed by atoms with Gasteiger partial charge in [-0.3, -0.25) is 4.79 Å². The van der Waals surface area contributed by atoms with E-state index in [1.54, 1.807) is 12.1 Å². The van der Waals surface area contributed by atoms with E-state index in [0.717, 1.165) is 0 Å². The van der Waals surface area contributed by atoms with Crippen molar-refractivity contribution in [3.8, 4) is 0 Å². The molecule has 0 atom stereocenters. The molecule has 0 spiro atoms. The van der Waals surface area contributed by atoms with Crippen molar-refractivity contribution in [2.75, 3.05) is 5.32 Å². The SMILES string of the molecule is O=C(Nc1ccc(F)c(Cl)c1)c1cc2cc(F)ccc2[nH]1. The number of aromatic amines is 1. The number of amides is 1. The molecule has 21 heavy (non-hydrogen) atoms. The first-order chi connectivity index (χ1) is 10.0. The van der Waals surface area contributed by atoms with Crippen LogP contribution in [0.15, 0.2) is 42.5 Å². The first-order valence-electron chi connectivity index (χ1n) is 6.07. The van der Waals surface area contributed by atoms with Crippen LogP contribution in [0, 0.1) is 11.6 Å². The minimum atomic E-state index is -0.559. The lowest BCUT2D eigenvalue weighted by molar-refractivity contribution is 0.102. The fourth-order valence-electron chi connectivity index (χ4n) is 2.00. The van der Waals surface area contributed by atoms with E-state index in [9.17, 15) is 13.6 Å². The maximum Gasteiger partial charge on any atom is 0.272 e. The molecule has 3 nitrogen and oxygen atoms in total. The molecule has 2 aromatic carbocycles. The van der Waals surface area contributed by atoms with Crippen LogP contribution in [-0.2, 0) is 0 Å². The van der Waals surface area contributed by atoms with Gasteiger partial charge in [-0.25, -0.2) is 8.78 Å². The van der Waals surface area contributed by atoms with Crippen LogP contribution in [0.4, 0.5) is 14.5 Å². The van der Waals surface area contributed by atoms with Crippen molar-refractivity contribution in [1.82, 2.24) is 4.98 Å². The summed E-state index contributed by atoms with van der Waals surface area (Å²) in [5.74, 6) is -1.36. The van der Waals surface area contributed by atoms with Gasteiger partial charge in [0.05, 0.1) is 5.02 Å². The summed E-state index contributed by atoms with van der Waals surface area (Å²) in [6.45, 7) is 0. The zero-order chi connectivity index (χ0) is 15.0. The molecular weight excluding hydrogens is 298 g/mol. The maximum atomic E-state index is 13.1. The summed E-state index contributed by atoms with van der Waals surface area (Å²) in [7, 11) is 0. The Kier molecular flexibility index (Phi) is 3.35. The van der Waals surface area contributed by atoms with Gasteiger partial charge in [-0.1, -0.05) is 11.6 Å². The molecule has 0 unspecified atom stereocenters. The Morgan fingerprint density at radius 3 is 2.67 bits per heavy atom. The number of hydrogen-bond donors (Lipinski definition) is 2. The van der Waals surface area contributed by atoms with Crippen molar-refractivity contribution < 1.29 is 13.6 Å². The van der Waals surface area contributed by atoms with Crippen LogP contribution in [0.5, 0.6) is 0 Å². The number of rotatable bonds is 2. The van der Waals surface area contributed by atoms with E-state index in [2.05, 4.69) is 10.3 Å². The van der Waals surface area contributed by atoms with Crippen molar-refractivity contribution in [2.45, 2.75) is 0 Å². The first-order valence-corrected chi connectivity index (χ1v) is 6.45. The number of fused-ring (bicyclic) bond motifs is 1. The summed E-state index contributed by atoms with van der Waals surface area (Å²) in [5.41, 5.74) is 1.30. The number of carbonyl (C=O) groups is 1. The smallest absolute Gasteiger partial charge is 0.272 e. The van der Waals surface area contributed by atoms with Gasteiger partial charge in [0.2, 0.25) is 0 Å². The third-order valence-corrected chi connectivity index (χ3v) is 3.29. The summed E-state index contributed by atoms with van der Waals surface area (Å²) in [4.78, 5) is 15.0. The molecule has 0 saturated carbocycles. The van der Waals surface area contributed by atoms with E-state index in [1.165, 1.54) is 30.3 Å². The van der Waals surface area contributed by atoms with Crippen LogP contribution in [0.1, 0.15) is 10.5 Å². The molecule has 0 fully saturated rings. The zero-order valence-electron chi connectivity index (χ0n) is 10.6. The minimum Gasteiger partial charge on any atom is -0.351 e. The largest absolute Gasteiger partial charge is 0.351 e. The van der Waals surface area contributed by atoms with E-state index in [4.69, 9.17) is 11.6 Å². The summed E-state index contributed by atoms with van der Waals surface area (Å²) in [6.07, 6.45) is 0. The molecule has 3 aromatic rings. The standard InChI is InChI=1S/C15H9ClF2N2O/c16-11-7-10(2-3-12(11)18)19-15(21)14-6-8-5-9(17)1-4-13(8)20-14/h1-7,20H,(H,19,21). The number of carbonyl (C=O) groups excluding carboxylic acids is 1. The molecule has 0 aliphatic heterocycles. The molecule has 0 aliphatic rings. The molecule has 106 valence electrons. The first kappa shape index (κ1) is 13.6. The second-order valence-corrected chi connectivity index (χ2v) is 4.90. The van der Waals surface area contributed by atoms with Crippen molar-refractivity contribution in [2.24, 2.45) is 0 Å². The number of H-pyrrole nitrogens is 1. The average Bonchev–Trinajstić information content (AvgIpc) is 2.86. The van der Waals surface area contributed by atoms with Crippen LogP contribution in [0.2, 0.25) is 5.02 Å². The highest BCUT2D eigenvalue weighted by Crippen LogP contribution is 2.21. The number of nitrogens with one attached hydrogen (secondary N) is 2. The molecule has 0 radical (unpaired) electrons. The molecule has 0 saturated heterocycles. The lowest BCUT2D eigenvalue weighted by atomic mass is 10.2. The van der Waals surface area contributed by atoms with Gasteiger partial charge >= 0.3 is 0 Å². The summed E-state index contributed by atoms with van der Waals surface area (Å²) >= 11 is 5.65. The van der Waals surface area contributed by atoms with Gasteiger partial charge < -0.3 is 10.3 Å². The molecule has 1 heterocycles.